The van der Waals surface area contributed by atoms with E-state index >= 15 is 0 Å². The number of aromatic hydroxyl groups is 1. The van der Waals surface area contributed by atoms with E-state index in [1.807, 2.05) is 12.1 Å². The largest absolute Gasteiger partial charge is 0.508 e. The number of nitrogens with zero attached hydrogens (tertiary/aromatic N) is 2. The predicted octanol–water partition coefficient (Wildman–Crippen LogP) is 4.51. The lowest BCUT2D eigenvalue weighted by Gasteiger charge is -2.34. The number of benzene rings is 3. The third-order valence-corrected chi connectivity index (χ3v) is 8.23. The van der Waals surface area contributed by atoms with Crippen molar-refractivity contribution in [2.75, 3.05) is 26.2 Å². The number of hydrogen-bond acceptors (Lipinski definition) is 4. The minimum Gasteiger partial charge on any atom is -0.508 e. The van der Waals surface area contributed by atoms with Crippen LogP contribution in [0.25, 0.3) is 11.1 Å². The first-order valence-corrected chi connectivity index (χ1v) is 12.1. The van der Waals surface area contributed by atoms with Crippen LogP contribution in [0.15, 0.2) is 71.6 Å². The maximum absolute atomic E-state index is 13.0. The molecule has 1 heterocycles. The van der Waals surface area contributed by atoms with Gasteiger partial charge in [0.2, 0.25) is 10.0 Å². The van der Waals surface area contributed by atoms with Crippen molar-refractivity contribution in [2.45, 2.75) is 4.90 Å². The zero-order valence-corrected chi connectivity index (χ0v) is 19.2. The van der Waals surface area contributed by atoms with Gasteiger partial charge in [0.1, 0.15) is 10.6 Å². The molecule has 1 amide bonds. The maximum Gasteiger partial charge on any atom is 0.253 e. The quantitative estimate of drug-likeness (QED) is 0.583. The molecule has 32 heavy (non-hydrogen) atoms. The van der Waals surface area contributed by atoms with Gasteiger partial charge in [-0.1, -0.05) is 53.5 Å². The number of amides is 1. The number of rotatable bonds is 4. The molecule has 0 spiro atoms. The summed E-state index contributed by atoms with van der Waals surface area (Å²) in [5.74, 6) is 0.0357. The molecule has 1 aliphatic heterocycles. The van der Waals surface area contributed by atoms with Crippen LogP contribution < -0.4 is 0 Å². The highest BCUT2D eigenvalue weighted by Gasteiger charge is 2.33. The average Bonchev–Trinajstić information content (AvgIpc) is 2.79. The second-order valence-corrected chi connectivity index (χ2v) is 10.1. The molecule has 0 bridgehead atoms. The Bertz CT molecular complexity index is 1220. The van der Waals surface area contributed by atoms with Gasteiger partial charge in [-0.15, -0.1) is 0 Å². The second kappa shape index (κ2) is 9.11. The van der Waals surface area contributed by atoms with Gasteiger partial charge in [0.25, 0.3) is 5.91 Å². The van der Waals surface area contributed by atoms with Gasteiger partial charge in [0.05, 0.1) is 10.0 Å². The average molecular weight is 491 g/mol. The first-order chi connectivity index (χ1) is 15.3. The molecular formula is C23H20Cl2N2O4S. The van der Waals surface area contributed by atoms with Crippen molar-refractivity contribution in [1.29, 1.82) is 0 Å². The summed E-state index contributed by atoms with van der Waals surface area (Å²) in [5, 5.41) is 9.57. The van der Waals surface area contributed by atoms with Crippen LogP contribution in [-0.4, -0.2) is 54.8 Å². The summed E-state index contributed by atoms with van der Waals surface area (Å²) in [6.45, 7) is 0.835. The summed E-state index contributed by atoms with van der Waals surface area (Å²) >= 11 is 12.2. The Morgan fingerprint density at radius 3 is 1.81 bits per heavy atom. The smallest absolute Gasteiger partial charge is 0.253 e. The van der Waals surface area contributed by atoms with Crippen molar-refractivity contribution in [3.05, 3.63) is 82.3 Å². The summed E-state index contributed by atoms with van der Waals surface area (Å²) in [5.41, 5.74) is 2.38. The monoisotopic (exact) mass is 490 g/mol. The standard InChI is InChI=1S/C23H20Cl2N2O4S/c24-20-2-1-3-21(25)22(20)32(30,31)27-14-12-26(13-15-27)23(29)18-6-4-16(5-7-18)17-8-10-19(28)11-9-17/h1-11,28H,12-15H2. The SMILES string of the molecule is O=C(c1ccc(-c2ccc(O)cc2)cc1)N1CCN(S(=O)(=O)c2c(Cl)cccc2Cl)CC1. The number of hydrogen-bond donors (Lipinski definition) is 1. The molecule has 166 valence electrons. The van der Waals surface area contributed by atoms with Crippen LogP contribution in [0, 0.1) is 0 Å². The van der Waals surface area contributed by atoms with Crippen molar-refractivity contribution in [3.63, 3.8) is 0 Å². The minimum atomic E-state index is -3.86. The van der Waals surface area contributed by atoms with Gasteiger partial charge in [-0.05, 0) is 47.5 Å². The van der Waals surface area contributed by atoms with Gasteiger partial charge in [0.15, 0.2) is 0 Å². The molecule has 6 nitrogen and oxygen atoms in total. The highest BCUT2D eigenvalue weighted by molar-refractivity contribution is 7.89. The van der Waals surface area contributed by atoms with Crippen molar-refractivity contribution in [3.8, 4) is 16.9 Å². The molecule has 0 radical (unpaired) electrons. The third kappa shape index (κ3) is 4.47. The van der Waals surface area contributed by atoms with Crippen molar-refractivity contribution >= 4 is 39.1 Å². The fourth-order valence-corrected chi connectivity index (χ4v) is 6.14. The molecule has 9 heteroatoms. The van der Waals surface area contributed by atoms with E-state index in [9.17, 15) is 18.3 Å². The minimum absolute atomic E-state index is 0.0738. The van der Waals surface area contributed by atoms with E-state index in [0.29, 0.717) is 5.56 Å². The van der Waals surface area contributed by atoms with E-state index in [-0.39, 0.29) is 52.8 Å². The zero-order chi connectivity index (χ0) is 22.9. The molecule has 1 aliphatic rings. The number of carbonyl (C=O) groups excluding carboxylic acids is 1. The lowest BCUT2D eigenvalue weighted by atomic mass is 10.0. The van der Waals surface area contributed by atoms with Crippen LogP contribution >= 0.6 is 23.2 Å². The molecule has 0 atom stereocenters. The Balaban J connectivity index is 1.44. The van der Waals surface area contributed by atoms with E-state index < -0.39 is 10.0 Å². The molecule has 1 saturated heterocycles. The van der Waals surface area contributed by atoms with E-state index in [1.54, 1.807) is 47.4 Å². The second-order valence-electron chi connectivity index (χ2n) is 7.37. The van der Waals surface area contributed by atoms with Gasteiger partial charge < -0.3 is 10.0 Å². The van der Waals surface area contributed by atoms with E-state index in [2.05, 4.69) is 0 Å². The van der Waals surface area contributed by atoms with Crippen LogP contribution in [0.5, 0.6) is 5.75 Å². The van der Waals surface area contributed by atoms with Gasteiger partial charge in [-0.2, -0.15) is 4.31 Å². The Hall–Kier alpha value is -2.58. The van der Waals surface area contributed by atoms with E-state index in [4.69, 9.17) is 23.2 Å². The molecule has 0 saturated carbocycles. The lowest BCUT2D eigenvalue weighted by molar-refractivity contribution is 0.0698. The Morgan fingerprint density at radius 1 is 0.781 bits per heavy atom. The van der Waals surface area contributed by atoms with Crippen molar-refractivity contribution < 1.29 is 18.3 Å². The molecule has 0 aliphatic carbocycles. The van der Waals surface area contributed by atoms with Gasteiger partial charge in [0, 0.05) is 31.7 Å². The normalized spacial score (nSPS) is 15.0. The van der Waals surface area contributed by atoms with Gasteiger partial charge in [-0.25, -0.2) is 8.42 Å². The lowest BCUT2D eigenvalue weighted by Crippen LogP contribution is -2.50. The third-order valence-electron chi connectivity index (χ3n) is 5.38. The first-order valence-electron chi connectivity index (χ1n) is 9.90. The molecule has 4 rings (SSSR count). The Morgan fingerprint density at radius 2 is 1.28 bits per heavy atom. The number of sulfonamides is 1. The number of phenols is 1. The number of carbonyl (C=O) groups is 1. The molecule has 0 aromatic heterocycles. The Labute approximate surface area is 196 Å². The topological polar surface area (TPSA) is 77.9 Å². The van der Waals surface area contributed by atoms with Crippen molar-refractivity contribution in [1.82, 2.24) is 9.21 Å². The zero-order valence-electron chi connectivity index (χ0n) is 16.9. The molecule has 3 aromatic carbocycles. The van der Waals surface area contributed by atoms with E-state index in [1.165, 1.54) is 16.4 Å². The summed E-state index contributed by atoms with van der Waals surface area (Å²) in [6.07, 6.45) is 0. The van der Waals surface area contributed by atoms with Crippen LogP contribution in [0.4, 0.5) is 0 Å². The molecular weight excluding hydrogens is 471 g/mol. The summed E-state index contributed by atoms with van der Waals surface area (Å²) in [6, 6.07) is 18.6. The van der Waals surface area contributed by atoms with Crippen molar-refractivity contribution in [2.24, 2.45) is 0 Å². The molecule has 3 aromatic rings. The van der Waals surface area contributed by atoms with Gasteiger partial charge in [-0.3, -0.25) is 4.79 Å². The van der Waals surface area contributed by atoms with Crippen LogP contribution in [0.2, 0.25) is 10.0 Å². The van der Waals surface area contributed by atoms with Crippen LogP contribution in [0.3, 0.4) is 0 Å². The van der Waals surface area contributed by atoms with Crippen LogP contribution in [0.1, 0.15) is 10.4 Å². The van der Waals surface area contributed by atoms with Crippen LogP contribution in [-0.2, 0) is 10.0 Å². The summed E-state index contributed by atoms with van der Waals surface area (Å²) < 4.78 is 27.3. The number of halogens is 2. The molecule has 0 unspecified atom stereocenters. The fourth-order valence-electron chi connectivity index (χ4n) is 3.63. The molecule has 1 fully saturated rings. The maximum atomic E-state index is 13.0. The van der Waals surface area contributed by atoms with Gasteiger partial charge >= 0.3 is 0 Å². The van der Waals surface area contributed by atoms with E-state index in [0.717, 1.165) is 11.1 Å². The predicted molar refractivity (Wildman–Crippen MR) is 125 cm³/mol. The number of piperazine rings is 1. The highest BCUT2D eigenvalue weighted by Crippen LogP contribution is 2.32. The molecule has 1 N–H and O–H groups in total. The first kappa shape index (κ1) is 22.6. The fraction of sp³-hybridized carbons (Fsp3) is 0.174. The Kier molecular flexibility index (Phi) is 6.44. The highest BCUT2D eigenvalue weighted by atomic mass is 35.5. The summed E-state index contributed by atoms with van der Waals surface area (Å²) in [7, 11) is -3.86. The summed E-state index contributed by atoms with van der Waals surface area (Å²) in [4.78, 5) is 14.4. The number of phenolic OH excluding ortho intramolecular Hbond substituents is 1.